The fraction of sp³-hybridized carbons (Fsp3) is 0.500. The number of halogens is 1. The molecule has 0 saturated heterocycles. The number of benzene rings is 1. The van der Waals surface area contributed by atoms with Crippen LogP contribution < -0.4 is 5.32 Å². The number of hydrogen-bond acceptors (Lipinski definition) is 4. The predicted octanol–water partition coefficient (Wildman–Crippen LogP) is 4.09. The van der Waals surface area contributed by atoms with Gasteiger partial charge in [-0.25, -0.2) is 4.98 Å². The summed E-state index contributed by atoms with van der Waals surface area (Å²) in [5.41, 5.74) is 0.972. The lowest BCUT2D eigenvalue weighted by molar-refractivity contribution is 0.273. The molecule has 1 aromatic heterocycles. The maximum Gasteiger partial charge on any atom is 0.183 e. The molecule has 19 heavy (non-hydrogen) atoms. The van der Waals surface area contributed by atoms with Crippen LogP contribution in [-0.2, 0) is 0 Å². The molecule has 1 aromatic carbocycles. The molecular weight excluding hydrogens is 278 g/mol. The first-order valence-corrected chi connectivity index (χ1v) is 7.76. The molecule has 5 heteroatoms. The Balaban J connectivity index is 1.85. The van der Waals surface area contributed by atoms with Gasteiger partial charge in [-0.1, -0.05) is 22.9 Å². The molecule has 104 valence electrons. The van der Waals surface area contributed by atoms with Crippen molar-refractivity contribution in [2.45, 2.75) is 26.3 Å². The summed E-state index contributed by atoms with van der Waals surface area (Å²) in [6, 6.07) is 6.44. The van der Waals surface area contributed by atoms with Gasteiger partial charge in [-0.2, -0.15) is 0 Å². The third-order valence-electron chi connectivity index (χ3n) is 3.19. The Morgan fingerprint density at radius 2 is 2.21 bits per heavy atom. The molecule has 0 radical (unpaired) electrons. The van der Waals surface area contributed by atoms with Gasteiger partial charge in [0.05, 0.1) is 10.2 Å². The molecule has 1 heterocycles. The summed E-state index contributed by atoms with van der Waals surface area (Å²) < 4.78 is 1.17. The molecule has 0 atom stereocenters. The number of hydrogen-bond donors (Lipinski definition) is 1. The van der Waals surface area contributed by atoms with Gasteiger partial charge >= 0.3 is 0 Å². The van der Waals surface area contributed by atoms with Crippen LogP contribution in [0, 0.1) is 0 Å². The van der Waals surface area contributed by atoms with Gasteiger partial charge < -0.3 is 10.2 Å². The van der Waals surface area contributed by atoms with Gasteiger partial charge in [0, 0.05) is 17.6 Å². The van der Waals surface area contributed by atoms with Gasteiger partial charge in [0.1, 0.15) is 0 Å². The molecule has 0 bridgehead atoms. The molecule has 2 aromatic rings. The van der Waals surface area contributed by atoms with Crippen molar-refractivity contribution in [3.63, 3.8) is 0 Å². The molecule has 1 N–H and O–H groups in total. The van der Waals surface area contributed by atoms with Gasteiger partial charge in [0.2, 0.25) is 0 Å². The summed E-state index contributed by atoms with van der Waals surface area (Å²) in [6.07, 6.45) is 1.12. The lowest BCUT2D eigenvalue weighted by Crippen LogP contribution is -2.28. The van der Waals surface area contributed by atoms with Gasteiger partial charge in [-0.05, 0) is 52.1 Å². The zero-order valence-corrected chi connectivity index (χ0v) is 13.2. The minimum absolute atomic E-state index is 0.601. The molecule has 0 spiro atoms. The van der Waals surface area contributed by atoms with Crippen molar-refractivity contribution in [2.24, 2.45) is 0 Å². The van der Waals surface area contributed by atoms with E-state index in [1.165, 1.54) is 4.70 Å². The van der Waals surface area contributed by atoms with Crippen molar-refractivity contribution < 1.29 is 0 Å². The zero-order valence-electron chi connectivity index (χ0n) is 11.6. The van der Waals surface area contributed by atoms with E-state index < -0.39 is 0 Å². The van der Waals surface area contributed by atoms with E-state index in [0.717, 1.165) is 35.2 Å². The van der Waals surface area contributed by atoms with Crippen molar-refractivity contribution >= 4 is 38.3 Å². The minimum atomic E-state index is 0.601. The fourth-order valence-electron chi connectivity index (χ4n) is 1.76. The summed E-state index contributed by atoms with van der Waals surface area (Å²) in [7, 11) is 2.16. The van der Waals surface area contributed by atoms with Crippen molar-refractivity contribution in [3.05, 3.63) is 23.2 Å². The van der Waals surface area contributed by atoms with E-state index >= 15 is 0 Å². The normalized spacial score (nSPS) is 11.7. The van der Waals surface area contributed by atoms with Crippen LogP contribution in [0.3, 0.4) is 0 Å². The van der Waals surface area contributed by atoms with Crippen molar-refractivity contribution in [3.8, 4) is 0 Å². The molecule has 2 rings (SSSR count). The number of nitrogens with zero attached hydrogens (tertiary/aromatic N) is 2. The van der Waals surface area contributed by atoms with Crippen LogP contribution in [0.4, 0.5) is 5.13 Å². The van der Waals surface area contributed by atoms with E-state index in [9.17, 15) is 0 Å². The van der Waals surface area contributed by atoms with Crippen LogP contribution in [0.1, 0.15) is 20.3 Å². The Morgan fingerprint density at radius 1 is 1.42 bits per heavy atom. The second-order valence-electron chi connectivity index (χ2n) is 4.99. The van der Waals surface area contributed by atoms with Gasteiger partial charge in [0.25, 0.3) is 0 Å². The quantitative estimate of drug-likeness (QED) is 0.814. The van der Waals surface area contributed by atoms with Crippen molar-refractivity contribution in [2.75, 3.05) is 25.5 Å². The standard InChI is InChI=1S/C14H20ClN3S/c1-10(2)18(3)8-4-7-16-14-17-12-9-11(15)5-6-13(12)19-14/h5-6,9-10H,4,7-8H2,1-3H3,(H,16,17). The Hall–Kier alpha value is -0.840. The lowest BCUT2D eigenvalue weighted by Gasteiger charge is -2.20. The molecule has 0 aliphatic carbocycles. The number of thiazole rings is 1. The van der Waals surface area contributed by atoms with Crippen LogP contribution in [0.25, 0.3) is 10.2 Å². The first-order chi connectivity index (χ1) is 9.06. The highest BCUT2D eigenvalue weighted by atomic mass is 35.5. The zero-order chi connectivity index (χ0) is 13.8. The molecule has 0 aliphatic rings. The summed E-state index contributed by atoms with van der Waals surface area (Å²) in [5, 5.41) is 5.10. The maximum atomic E-state index is 5.96. The number of fused-ring (bicyclic) bond motifs is 1. The number of anilines is 1. The third-order valence-corrected chi connectivity index (χ3v) is 4.42. The highest BCUT2D eigenvalue weighted by Gasteiger charge is 2.05. The van der Waals surface area contributed by atoms with Gasteiger partial charge in [-0.3, -0.25) is 0 Å². The summed E-state index contributed by atoms with van der Waals surface area (Å²) in [5.74, 6) is 0. The van der Waals surface area contributed by atoms with Crippen LogP contribution >= 0.6 is 22.9 Å². The van der Waals surface area contributed by atoms with Gasteiger partial charge in [-0.15, -0.1) is 0 Å². The highest BCUT2D eigenvalue weighted by molar-refractivity contribution is 7.22. The van der Waals surface area contributed by atoms with Crippen LogP contribution in [0.15, 0.2) is 18.2 Å². The second-order valence-corrected chi connectivity index (χ2v) is 6.45. The minimum Gasteiger partial charge on any atom is -0.361 e. The molecule has 0 amide bonds. The van der Waals surface area contributed by atoms with E-state index in [1.54, 1.807) is 11.3 Å². The first kappa shape index (κ1) is 14.6. The fourth-order valence-corrected chi connectivity index (χ4v) is 2.80. The topological polar surface area (TPSA) is 28.2 Å². The van der Waals surface area contributed by atoms with Gasteiger partial charge in [0.15, 0.2) is 5.13 Å². The smallest absolute Gasteiger partial charge is 0.183 e. The summed E-state index contributed by atoms with van der Waals surface area (Å²) >= 11 is 7.63. The Morgan fingerprint density at radius 3 is 2.95 bits per heavy atom. The molecule has 0 saturated carbocycles. The van der Waals surface area contributed by atoms with E-state index in [0.29, 0.717) is 6.04 Å². The Kier molecular flexibility index (Phi) is 5.02. The molecule has 3 nitrogen and oxygen atoms in total. The predicted molar refractivity (Wildman–Crippen MR) is 85.5 cm³/mol. The largest absolute Gasteiger partial charge is 0.361 e. The van der Waals surface area contributed by atoms with E-state index in [4.69, 9.17) is 11.6 Å². The monoisotopic (exact) mass is 297 g/mol. The number of rotatable bonds is 6. The summed E-state index contributed by atoms with van der Waals surface area (Å²) in [6.45, 7) is 6.47. The molecule has 0 unspecified atom stereocenters. The Labute approximate surface area is 123 Å². The maximum absolute atomic E-state index is 5.96. The summed E-state index contributed by atoms with van der Waals surface area (Å²) in [4.78, 5) is 6.88. The third kappa shape index (κ3) is 4.06. The van der Waals surface area contributed by atoms with Crippen LogP contribution in [0.5, 0.6) is 0 Å². The van der Waals surface area contributed by atoms with E-state index in [1.807, 2.05) is 18.2 Å². The number of nitrogens with one attached hydrogen (secondary N) is 1. The van der Waals surface area contributed by atoms with Crippen molar-refractivity contribution in [1.29, 1.82) is 0 Å². The average molecular weight is 298 g/mol. The molecule has 0 fully saturated rings. The lowest BCUT2D eigenvalue weighted by atomic mass is 10.3. The van der Waals surface area contributed by atoms with Crippen LogP contribution in [-0.4, -0.2) is 36.1 Å². The van der Waals surface area contributed by atoms with E-state index in [-0.39, 0.29) is 0 Å². The first-order valence-electron chi connectivity index (χ1n) is 6.56. The number of aromatic nitrogens is 1. The highest BCUT2D eigenvalue weighted by Crippen LogP contribution is 2.27. The van der Waals surface area contributed by atoms with Crippen molar-refractivity contribution in [1.82, 2.24) is 9.88 Å². The average Bonchev–Trinajstić information content (AvgIpc) is 2.75. The van der Waals surface area contributed by atoms with E-state index in [2.05, 4.69) is 36.1 Å². The molecular formula is C14H20ClN3S. The molecule has 0 aliphatic heterocycles. The Bertz CT molecular complexity index is 538. The van der Waals surface area contributed by atoms with Crippen LogP contribution in [0.2, 0.25) is 5.02 Å². The second kappa shape index (κ2) is 6.55. The SMILES string of the molecule is CC(C)N(C)CCCNc1nc2cc(Cl)ccc2s1.